The topological polar surface area (TPSA) is 63.5 Å². The largest absolute Gasteiger partial charge is 0.322 e. The second kappa shape index (κ2) is 9.08. The monoisotopic (exact) mass is 465 g/mol. The van der Waals surface area contributed by atoms with E-state index in [0.717, 1.165) is 16.7 Å². The lowest BCUT2D eigenvalue weighted by molar-refractivity contribution is -0.113. The van der Waals surface area contributed by atoms with E-state index in [1.807, 2.05) is 105 Å². The molecule has 34 heavy (non-hydrogen) atoms. The maximum absolute atomic E-state index is 13.6. The maximum atomic E-state index is 13.6. The van der Waals surface area contributed by atoms with Crippen molar-refractivity contribution in [1.29, 1.82) is 0 Å². The Kier molecular flexibility index (Phi) is 5.82. The van der Waals surface area contributed by atoms with Crippen LogP contribution < -0.4 is 20.2 Å². The fraction of sp³-hybridized carbons (Fsp3) is 0.107. The van der Waals surface area contributed by atoms with Crippen LogP contribution in [0, 0.1) is 6.92 Å². The number of allylic oxidation sites excluding steroid dienone is 1. The maximum Gasteiger partial charge on any atom is 0.271 e. The first-order valence-corrected chi connectivity index (χ1v) is 11.8. The molecular formula is C28H23N3O2S. The van der Waals surface area contributed by atoms with Crippen molar-refractivity contribution in [2.24, 2.45) is 4.99 Å². The first-order valence-electron chi connectivity index (χ1n) is 11.0. The van der Waals surface area contributed by atoms with Crippen LogP contribution in [-0.2, 0) is 4.79 Å². The van der Waals surface area contributed by atoms with E-state index < -0.39 is 6.04 Å². The minimum absolute atomic E-state index is 0.156. The van der Waals surface area contributed by atoms with Crippen molar-refractivity contribution >= 4 is 29.0 Å². The van der Waals surface area contributed by atoms with Gasteiger partial charge < -0.3 is 5.32 Å². The number of fused-ring (bicyclic) bond motifs is 1. The molecule has 1 atom stereocenters. The third-order valence-corrected chi connectivity index (χ3v) is 6.74. The molecule has 1 aliphatic rings. The van der Waals surface area contributed by atoms with Crippen molar-refractivity contribution in [3.8, 4) is 0 Å². The van der Waals surface area contributed by atoms with Crippen molar-refractivity contribution in [1.82, 2.24) is 4.57 Å². The average Bonchev–Trinajstić information content (AvgIpc) is 3.13. The summed E-state index contributed by atoms with van der Waals surface area (Å²) in [6.07, 6.45) is 1.89. The van der Waals surface area contributed by atoms with E-state index in [-0.39, 0.29) is 11.5 Å². The molecule has 1 aromatic heterocycles. The van der Waals surface area contributed by atoms with Gasteiger partial charge in [-0.25, -0.2) is 4.99 Å². The SMILES string of the molecule is CC1=C(C(=O)Nc2ccccc2)[C@H](c2ccccc2)n2c(sc(=Cc3cccc(C)c3)c2=O)=N1. The molecule has 3 aromatic carbocycles. The zero-order chi connectivity index (χ0) is 23.7. The lowest BCUT2D eigenvalue weighted by Crippen LogP contribution is -2.40. The number of rotatable bonds is 4. The van der Waals surface area contributed by atoms with Crippen molar-refractivity contribution in [3.63, 3.8) is 0 Å². The summed E-state index contributed by atoms with van der Waals surface area (Å²) in [5.74, 6) is -0.269. The highest BCUT2D eigenvalue weighted by Crippen LogP contribution is 2.30. The van der Waals surface area contributed by atoms with Crippen molar-refractivity contribution in [2.75, 3.05) is 5.32 Å². The number of benzene rings is 3. The summed E-state index contributed by atoms with van der Waals surface area (Å²) < 4.78 is 2.23. The highest BCUT2D eigenvalue weighted by molar-refractivity contribution is 7.07. The van der Waals surface area contributed by atoms with Crippen molar-refractivity contribution in [2.45, 2.75) is 19.9 Å². The van der Waals surface area contributed by atoms with E-state index in [2.05, 4.69) is 10.3 Å². The van der Waals surface area contributed by atoms with Crippen LogP contribution in [0.25, 0.3) is 6.08 Å². The lowest BCUT2D eigenvalue weighted by Gasteiger charge is -2.25. The second-order valence-electron chi connectivity index (χ2n) is 8.23. The van der Waals surface area contributed by atoms with Gasteiger partial charge in [0.1, 0.15) is 0 Å². The van der Waals surface area contributed by atoms with E-state index in [1.165, 1.54) is 11.3 Å². The van der Waals surface area contributed by atoms with Gasteiger partial charge in [-0.05, 0) is 43.2 Å². The molecular weight excluding hydrogens is 442 g/mol. The number of thiazole rings is 1. The Morgan fingerprint density at radius 3 is 2.38 bits per heavy atom. The van der Waals surface area contributed by atoms with Crippen LogP contribution in [0.4, 0.5) is 5.69 Å². The van der Waals surface area contributed by atoms with Crippen LogP contribution in [0.5, 0.6) is 0 Å². The Labute approximate surface area is 201 Å². The molecule has 0 saturated carbocycles. The molecule has 0 unspecified atom stereocenters. The minimum atomic E-state index is -0.569. The second-order valence-corrected chi connectivity index (χ2v) is 9.24. The van der Waals surface area contributed by atoms with Gasteiger partial charge in [-0.15, -0.1) is 0 Å². The molecule has 1 amide bonds. The number of anilines is 1. The Balaban J connectivity index is 1.67. The third kappa shape index (κ3) is 4.16. The first-order chi connectivity index (χ1) is 16.5. The van der Waals surface area contributed by atoms with E-state index in [1.54, 1.807) is 4.57 Å². The van der Waals surface area contributed by atoms with Gasteiger partial charge in [-0.1, -0.05) is 89.7 Å². The summed E-state index contributed by atoms with van der Waals surface area (Å²) in [5, 5.41) is 2.97. The van der Waals surface area contributed by atoms with Crippen LogP contribution in [0.2, 0.25) is 0 Å². The van der Waals surface area contributed by atoms with Gasteiger partial charge in [0.2, 0.25) is 0 Å². The fourth-order valence-electron chi connectivity index (χ4n) is 4.19. The minimum Gasteiger partial charge on any atom is -0.322 e. The molecule has 5 rings (SSSR count). The molecule has 0 bridgehead atoms. The van der Waals surface area contributed by atoms with Crippen LogP contribution in [0.15, 0.2) is 106 Å². The summed E-state index contributed by atoms with van der Waals surface area (Å²) in [6.45, 7) is 3.85. The number of hydrogen-bond donors (Lipinski definition) is 1. The van der Waals surface area contributed by atoms with E-state index >= 15 is 0 Å². The smallest absolute Gasteiger partial charge is 0.271 e. The average molecular weight is 466 g/mol. The van der Waals surface area contributed by atoms with Crippen molar-refractivity contribution in [3.05, 3.63) is 133 Å². The summed E-state index contributed by atoms with van der Waals surface area (Å²) >= 11 is 1.34. The number of carbonyl (C=O) groups excluding carboxylic acids is 1. The molecule has 0 saturated heterocycles. The van der Waals surface area contributed by atoms with E-state index in [4.69, 9.17) is 0 Å². The number of aromatic nitrogens is 1. The Bertz CT molecular complexity index is 1580. The predicted octanol–water partition coefficient (Wildman–Crippen LogP) is 4.18. The Morgan fingerprint density at radius 1 is 0.971 bits per heavy atom. The number of carbonyl (C=O) groups is 1. The zero-order valence-corrected chi connectivity index (χ0v) is 19.7. The molecule has 0 fully saturated rings. The molecule has 6 heteroatoms. The van der Waals surface area contributed by atoms with Crippen LogP contribution in [-0.4, -0.2) is 10.5 Å². The van der Waals surface area contributed by atoms with Crippen molar-refractivity contribution < 1.29 is 4.79 Å². The highest BCUT2D eigenvalue weighted by atomic mass is 32.1. The predicted molar refractivity (Wildman–Crippen MR) is 136 cm³/mol. The molecule has 0 spiro atoms. The van der Waals surface area contributed by atoms with Gasteiger partial charge in [0.05, 0.1) is 21.8 Å². The summed E-state index contributed by atoms with van der Waals surface area (Å²) in [4.78, 5) is 32.4. The standard InChI is InChI=1S/C28H23N3O2S/c1-18-10-9-11-20(16-18)17-23-27(33)31-25(21-12-5-3-6-13-21)24(19(2)29-28(31)34-23)26(32)30-22-14-7-4-8-15-22/h3-17,25H,1-2H3,(H,30,32)/t25-/m0/s1. The number of para-hydroxylation sites is 1. The van der Waals surface area contributed by atoms with Gasteiger partial charge in [-0.2, -0.15) is 0 Å². The van der Waals surface area contributed by atoms with Gasteiger partial charge >= 0.3 is 0 Å². The molecule has 2 heterocycles. The van der Waals surface area contributed by atoms with Crippen LogP contribution >= 0.6 is 11.3 Å². The number of nitrogens with zero attached hydrogens (tertiary/aromatic N) is 2. The summed E-state index contributed by atoms with van der Waals surface area (Å²) in [6, 6.07) is 26.4. The molecule has 168 valence electrons. The van der Waals surface area contributed by atoms with Gasteiger partial charge in [0, 0.05) is 5.69 Å². The van der Waals surface area contributed by atoms with Gasteiger partial charge in [-0.3, -0.25) is 14.2 Å². The molecule has 0 aliphatic carbocycles. The highest BCUT2D eigenvalue weighted by Gasteiger charge is 2.32. The Morgan fingerprint density at radius 2 is 1.68 bits per heavy atom. The zero-order valence-electron chi connectivity index (χ0n) is 18.9. The van der Waals surface area contributed by atoms with Gasteiger partial charge in [0.25, 0.3) is 11.5 Å². The molecule has 1 N–H and O–H groups in total. The van der Waals surface area contributed by atoms with Crippen LogP contribution in [0.1, 0.15) is 29.7 Å². The number of aryl methyl sites for hydroxylation is 1. The molecule has 1 aliphatic heterocycles. The number of hydrogen-bond acceptors (Lipinski definition) is 4. The lowest BCUT2D eigenvalue weighted by atomic mass is 9.95. The molecule has 0 radical (unpaired) electrons. The van der Waals surface area contributed by atoms with Gasteiger partial charge in [0.15, 0.2) is 4.80 Å². The molecule has 4 aromatic rings. The quantitative estimate of drug-likeness (QED) is 0.491. The Hall–Kier alpha value is -4.03. The number of nitrogens with one attached hydrogen (secondary N) is 1. The number of amides is 1. The van der Waals surface area contributed by atoms with Crippen LogP contribution in [0.3, 0.4) is 0 Å². The van der Waals surface area contributed by atoms with E-state index in [0.29, 0.717) is 26.3 Å². The fourth-order valence-corrected chi connectivity index (χ4v) is 5.24. The third-order valence-electron chi connectivity index (χ3n) is 5.75. The normalized spacial score (nSPS) is 15.6. The first kappa shape index (κ1) is 21.8. The summed E-state index contributed by atoms with van der Waals surface area (Å²) in [7, 11) is 0. The summed E-state index contributed by atoms with van der Waals surface area (Å²) in [5.41, 5.74) is 4.54. The van der Waals surface area contributed by atoms with E-state index in [9.17, 15) is 9.59 Å². The molecule has 5 nitrogen and oxygen atoms in total.